The zero-order valence-electron chi connectivity index (χ0n) is 21.6. The van der Waals surface area contributed by atoms with E-state index in [4.69, 9.17) is 10.2 Å². The Morgan fingerprint density at radius 1 is 1.07 bits per heavy atom. The van der Waals surface area contributed by atoms with Crippen molar-refractivity contribution in [2.45, 2.75) is 61.9 Å². The van der Waals surface area contributed by atoms with Crippen LogP contribution < -0.4 is 16.0 Å². The number of amides is 2. The van der Waals surface area contributed by atoms with E-state index in [1.807, 2.05) is 6.07 Å². The number of anilines is 2. The van der Waals surface area contributed by atoms with Gasteiger partial charge in [-0.25, -0.2) is 8.42 Å². The fraction of sp³-hybridized carbons (Fsp3) is 0.407. The zero-order chi connectivity index (χ0) is 27.9. The van der Waals surface area contributed by atoms with Crippen LogP contribution in [0.5, 0.6) is 0 Å². The fourth-order valence-electron chi connectivity index (χ4n) is 5.19. The molecule has 3 aliphatic rings. The normalized spacial score (nSPS) is 22.3. The molecule has 2 aromatic heterocycles. The maximum atomic E-state index is 13.0. The number of carbonyl (C=O) groups is 2. The number of rotatable bonds is 8. The Balaban J connectivity index is 1.17. The van der Waals surface area contributed by atoms with Crippen molar-refractivity contribution >= 4 is 45.3 Å². The molecule has 0 atom stereocenters. The summed E-state index contributed by atoms with van der Waals surface area (Å²) in [4.78, 5) is 33.3. The van der Waals surface area contributed by atoms with Crippen molar-refractivity contribution in [3.05, 3.63) is 47.2 Å². The molecule has 0 bridgehead atoms. The number of aromatic nitrogens is 4. The highest BCUT2D eigenvalue weighted by Crippen LogP contribution is 2.30. The van der Waals surface area contributed by atoms with E-state index < -0.39 is 15.7 Å². The number of nitrogens with zero attached hydrogens (tertiary/aromatic N) is 5. The smallest absolute Gasteiger partial charge is 0.254 e. The van der Waals surface area contributed by atoms with Crippen molar-refractivity contribution in [2.24, 2.45) is 5.92 Å². The van der Waals surface area contributed by atoms with Crippen LogP contribution >= 0.6 is 0 Å². The van der Waals surface area contributed by atoms with E-state index in [0.29, 0.717) is 40.3 Å². The summed E-state index contributed by atoms with van der Waals surface area (Å²) in [5.41, 5.74) is 1.81. The molecule has 1 aliphatic heterocycles. The van der Waals surface area contributed by atoms with Gasteiger partial charge in [0, 0.05) is 23.2 Å². The number of nitriles is 1. The molecule has 2 amide bonds. The Bertz CT molecular complexity index is 1680. The van der Waals surface area contributed by atoms with E-state index in [2.05, 4.69) is 26.0 Å². The average molecular weight is 561 g/mol. The third-order valence-electron chi connectivity index (χ3n) is 7.49. The van der Waals surface area contributed by atoms with E-state index in [-0.39, 0.29) is 34.9 Å². The van der Waals surface area contributed by atoms with Gasteiger partial charge in [-0.3, -0.25) is 14.9 Å². The molecule has 13 heteroatoms. The average Bonchev–Trinajstić information content (AvgIpc) is 3.57. The highest BCUT2D eigenvalue weighted by atomic mass is 32.2. The van der Waals surface area contributed by atoms with Gasteiger partial charge in [-0.1, -0.05) is 6.07 Å². The molecule has 1 aromatic carbocycles. The summed E-state index contributed by atoms with van der Waals surface area (Å²) in [5, 5.41) is 22.6. The van der Waals surface area contributed by atoms with Gasteiger partial charge in [0.15, 0.2) is 15.5 Å². The molecule has 3 fully saturated rings. The Morgan fingerprint density at radius 2 is 1.82 bits per heavy atom. The van der Waals surface area contributed by atoms with Crippen LogP contribution in [0.4, 0.5) is 11.9 Å². The summed E-state index contributed by atoms with van der Waals surface area (Å²) in [6, 6.07) is 8.55. The minimum atomic E-state index is -3.49. The Hall–Kier alpha value is -4.31. The molecular weight excluding hydrogens is 532 g/mol. The number of imide groups is 1. The van der Waals surface area contributed by atoms with Crippen LogP contribution in [0, 0.1) is 17.2 Å². The monoisotopic (exact) mass is 560 g/mol. The van der Waals surface area contributed by atoms with E-state index in [0.717, 1.165) is 38.5 Å². The molecule has 1 saturated heterocycles. The van der Waals surface area contributed by atoms with Crippen LogP contribution in [-0.2, 0) is 19.4 Å². The topological polar surface area (TPSA) is 171 Å². The van der Waals surface area contributed by atoms with Gasteiger partial charge in [0.05, 0.1) is 34.9 Å². The van der Waals surface area contributed by atoms with Crippen LogP contribution in [0.15, 0.2) is 40.9 Å². The first-order valence-corrected chi connectivity index (χ1v) is 15.0. The highest BCUT2D eigenvalue weighted by molar-refractivity contribution is 7.91. The molecule has 0 unspecified atom stereocenters. The second kappa shape index (κ2) is 10.3. The van der Waals surface area contributed by atoms with Crippen LogP contribution in [0.3, 0.4) is 0 Å². The predicted molar refractivity (Wildman–Crippen MR) is 146 cm³/mol. The van der Waals surface area contributed by atoms with Crippen molar-refractivity contribution < 1.29 is 18.0 Å². The largest absolute Gasteiger partial charge is 0.351 e. The molecule has 6 rings (SSSR count). The number of hydrogen-bond acceptors (Lipinski definition) is 10. The predicted octanol–water partition coefficient (Wildman–Crippen LogP) is 2.44. The summed E-state index contributed by atoms with van der Waals surface area (Å²) in [5.74, 6) is 0.302. The lowest BCUT2D eigenvalue weighted by molar-refractivity contribution is -0.124. The third-order valence-corrected chi connectivity index (χ3v) is 9.37. The second-order valence-electron chi connectivity index (χ2n) is 10.6. The zero-order valence-corrected chi connectivity index (χ0v) is 22.4. The first kappa shape index (κ1) is 25.9. The van der Waals surface area contributed by atoms with Gasteiger partial charge in [0.2, 0.25) is 17.8 Å². The lowest BCUT2D eigenvalue weighted by atomic mass is 9.87. The molecule has 2 saturated carbocycles. The maximum absolute atomic E-state index is 13.0. The van der Waals surface area contributed by atoms with Crippen LogP contribution in [0.2, 0.25) is 0 Å². The Kier molecular flexibility index (Phi) is 6.71. The maximum Gasteiger partial charge on any atom is 0.254 e. The number of carbonyl (C=O) groups excluding carboxylic acids is 2. The lowest BCUT2D eigenvalue weighted by Gasteiger charge is -2.29. The molecule has 3 aromatic rings. The molecule has 206 valence electrons. The van der Waals surface area contributed by atoms with E-state index in [1.54, 1.807) is 35.0 Å². The number of sulfone groups is 1. The molecule has 0 spiro atoms. The summed E-state index contributed by atoms with van der Waals surface area (Å²) < 4.78 is 27.5. The van der Waals surface area contributed by atoms with Crippen LogP contribution in [-0.4, -0.2) is 57.7 Å². The SMILES string of the molecule is N#Cc1cccc(S(=O)(=O)CC2CCC(Nc3nc(NC4CC4)n4ncc(/C=C5\CC(=O)NC5=O)c4n3)CC2)c1. The highest BCUT2D eigenvalue weighted by Gasteiger charge is 2.29. The number of hydrogen-bond donors (Lipinski definition) is 3. The van der Waals surface area contributed by atoms with E-state index >= 15 is 0 Å². The Morgan fingerprint density at radius 3 is 2.52 bits per heavy atom. The quantitative estimate of drug-likeness (QED) is 0.274. The summed E-state index contributed by atoms with van der Waals surface area (Å²) in [6.07, 6.45) is 8.33. The van der Waals surface area contributed by atoms with Gasteiger partial charge in [0.25, 0.3) is 5.91 Å². The molecule has 2 aliphatic carbocycles. The third kappa shape index (κ3) is 5.53. The molecule has 3 N–H and O–H groups in total. The van der Waals surface area contributed by atoms with E-state index in [9.17, 15) is 18.0 Å². The van der Waals surface area contributed by atoms with Gasteiger partial charge in [0.1, 0.15) is 0 Å². The molecule has 40 heavy (non-hydrogen) atoms. The summed E-state index contributed by atoms with van der Waals surface area (Å²) in [6.45, 7) is 0. The molecule has 0 radical (unpaired) electrons. The minimum absolute atomic E-state index is 0.0161. The number of benzene rings is 1. The number of nitrogens with one attached hydrogen (secondary N) is 3. The lowest BCUT2D eigenvalue weighted by Crippen LogP contribution is -2.30. The van der Waals surface area contributed by atoms with Gasteiger partial charge in [-0.05, 0) is 68.7 Å². The van der Waals surface area contributed by atoms with Gasteiger partial charge in [-0.15, -0.1) is 0 Å². The van der Waals surface area contributed by atoms with Crippen molar-refractivity contribution in [3.8, 4) is 6.07 Å². The minimum Gasteiger partial charge on any atom is -0.351 e. The molecular formula is C27H28N8O4S. The van der Waals surface area contributed by atoms with Crippen molar-refractivity contribution in [2.75, 3.05) is 16.4 Å². The van der Waals surface area contributed by atoms with Crippen molar-refractivity contribution in [1.82, 2.24) is 24.9 Å². The molecule has 12 nitrogen and oxygen atoms in total. The van der Waals surface area contributed by atoms with E-state index in [1.165, 1.54) is 6.07 Å². The number of fused-ring (bicyclic) bond motifs is 1. The van der Waals surface area contributed by atoms with Gasteiger partial charge in [-0.2, -0.15) is 24.8 Å². The van der Waals surface area contributed by atoms with Crippen molar-refractivity contribution in [1.29, 1.82) is 5.26 Å². The second-order valence-corrected chi connectivity index (χ2v) is 12.7. The van der Waals surface area contributed by atoms with Crippen molar-refractivity contribution in [3.63, 3.8) is 0 Å². The standard InChI is InChI=1S/C27H28N8O4S/c28-13-17-2-1-3-22(10-17)40(38,39)15-16-4-6-20(7-5-16)30-26-33-24-19(11-18-12-23(36)32-25(18)37)14-29-35(24)27(34-26)31-21-8-9-21/h1-3,10-11,14,16,20-21H,4-9,12,15H2,(H,32,36,37)(H2,30,31,33,34)/b18-11+. The summed E-state index contributed by atoms with van der Waals surface area (Å²) in [7, 11) is -3.49. The van der Waals surface area contributed by atoms with Gasteiger partial charge < -0.3 is 10.6 Å². The van der Waals surface area contributed by atoms with Crippen LogP contribution in [0.1, 0.15) is 56.1 Å². The first-order chi connectivity index (χ1) is 19.3. The first-order valence-electron chi connectivity index (χ1n) is 13.3. The van der Waals surface area contributed by atoms with Crippen LogP contribution in [0.25, 0.3) is 11.7 Å². The summed E-state index contributed by atoms with van der Waals surface area (Å²) >= 11 is 0. The molecule has 3 heterocycles. The Labute approximate surface area is 230 Å². The fourth-order valence-corrected chi connectivity index (χ4v) is 6.93. The van der Waals surface area contributed by atoms with Gasteiger partial charge >= 0.3 is 0 Å².